The lowest BCUT2D eigenvalue weighted by molar-refractivity contribution is -0.143. The topological polar surface area (TPSA) is 85.2 Å². The summed E-state index contributed by atoms with van der Waals surface area (Å²) in [5.41, 5.74) is -0.0230. The van der Waals surface area contributed by atoms with Gasteiger partial charge in [-0.1, -0.05) is 13.8 Å². The van der Waals surface area contributed by atoms with Crippen LogP contribution in [0, 0.1) is 0 Å². The molecule has 2 N–H and O–H groups in total. The number of anilines is 1. The number of fused-ring (bicyclic) bond motifs is 1. The second kappa shape index (κ2) is 7.68. The first-order valence-electron chi connectivity index (χ1n) is 8.77. The smallest absolute Gasteiger partial charge is 0.305 e. The van der Waals surface area contributed by atoms with Crippen molar-refractivity contribution in [3.63, 3.8) is 0 Å². The van der Waals surface area contributed by atoms with Crippen LogP contribution in [0.2, 0.25) is 0 Å². The number of carbonyl (C=O) groups excluding carboxylic acids is 2. The maximum Gasteiger partial charge on any atom is 0.305 e. The van der Waals surface area contributed by atoms with Crippen molar-refractivity contribution in [2.75, 3.05) is 11.9 Å². The Morgan fingerprint density at radius 3 is 2.67 bits per heavy atom. The van der Waals surface area contributed by atoms with Crippen molar-refractivity contribution in [1.29, 1.82) is 0 Å². The minimum atomic E-state index is -0.597. The van der Waals surface area contributed by atoms with Gasteiger partial charge >= 0.3 is 5.97 Å². The van der Waals surface area contributed by atoms with Crippen LogP contribution in [-0.2, 0) is 9.53 Å². The Bertz CT molecular complexity index is 595. The number of ether oxygens (including phenoxy) is 1. The molecule has 2 rings (SSSR count). The van der Waals surface area contributed by atoms with Crippen molar-refractivity contribution in [3.05, 3.63) is 11.8 Å². The molecule has 1 atom stereocenters. The molecule has 0 bridgehead atoms. The highest BCUT2D eigenvalue weighted by molar-refractivity contribution is 6.01. The van der Waals surface area contributed by atoms with Gasteiger partial charge in [0, 0.05) is 6.42 Å². The van der Waals surface area contributed by atoms with Crippen LogP contribution in [0.5, 0.6) is 0 Å². The van der Waals surface area contributed by atoms with Crippen molar-refractivity contribution in [2.24, 2.45) is 0 Å². The average Bonchev–Trinajstić information content (AvgIpc) is 2.92. The summed E-state index contributed by atoms with van der Waals surface area (Å²) in [4.78, 5) is 23.9. The molecule has 0 radical (unpaired) electrons. The molecular weight excluding hydrogens is 308 g/mol. The summed E-state index contributed by atoms with van der Waals surface area (Å²) in [7, 11) is 0. The highest BCUT2D eigenvalue weighted by atomic mass is 16.5. The second-order valence-electron chi connectivity index (χ2n) is 6.39. The zero-order valence-electron chi connectivity index (χ0n) is 15.0. The molecule has 0 saturated carbocycles. The molecule has 1 amide bonds. The van der Waals surface area contributed by atoms with Crippen LogP contribution in [-0.4, -0.2) is 33.9 Å². The lowest BCUT2D eigenvalue weighted by Gasteiger charge is -2.37. The number of carbonyl (C=O) groups is 2. The number of amides is 1. The summed E-state index contributed by atoms with van der Waals surface area (Å²) < 4.78 is 6.86. The SMILES string of the molecule is CCOC(=O)CCCC1(C)NC(=O)c2cnn(C(CC)CC)c2N1. The quantitative estimate of drug-likeness (QED) is 0.713. The zero-order valence-corrected chi connectivity index (χ0v) is 15.0. The van der Waals surface area contributed by atoms with E-state index in [4.69, 9.17) is 4.74 Å². The second-order valence-corrected chi connectivity index (χ2v) is 6.39. The Morgan fingerprint density at radius 2 is 2.04 bits per heavy atom. The molecule has 0 aliphatic carbocycles. The third kappa shape index (κ3) is 3.88. The minimum absolute atomic E-state index is 0.125. The number of nitrogens with one attached hydrogen (secondary N) is 2. The van der Waals surface area contributed by atoms with E-state index < -0.39 is 5.66 Å². The maximum atomic E-state index is 12.4. The first kappa shape index (κ1) is 18.3. The minimum Gasteiger partial charge on any atom is -0.466 e. The van der Waals surface area contributed by atoms with Crippen LogP contribution < -0.4 is 10.6 Å². The lowest BCUT2D eigenvalue weighted by atomic mass is 10.0. The van der Waals surface area contributed by atoms with Crippen LogP contribution >= 0.6 is 0 Å². The van der Waals surface area contributed by atoms with E-state index in [-0.39, 0.29) is 17.9 Å². The van der Waals surface area contributed by atoms with Crippen LogP contribution in [0.1, 0.15) is 76.2 Å². The molecule has 1 aromatic heterocycles. The summed E-state index contributed by atoms with van der Waals surface area (Å²) in [6.07, 6.45) is 5.14. The number of hydrogen-bond acceptors (Lipinski definition) is 5. The highest BCUT2D eigenvalue weighted by Gasteiger charge is 2.36. The zero-order chi connectivity index (χ0) is 17.7. The van der Waals surface area contributed by atoms with E-state index >= 15 is 0 Å². The first-order chi connectivity index (χ1) is 11.4. The molecule has 7 heteroatoms. The highest BCUT2D eigenvalue weighted by Crippen LogP contribution is 2.31. The standard InChI is InChI=1S/C17H28N4O3/c1-5-12(6-2)21-15-13(11-18-21)16(23)20-17(4,19-15)10-8-9-14(22)24-7-3/h11-12,19H,5-10H2,1-4H3,(H,20,23). The number of nitrogens with zero attached hydrogens (tertiary/aromatic N) is 2. The fourth-order valence-corrected chi connectivity index (χ4v) is 3.12. The van der Waals surface area contributed by atoms with Gasteiger partial charge in [0.15, 0.2) is 0 Å². The molecule has 1 unspecified atom stereocenters. The van der Waals surface area contributed by atoms with Crippen LogP contribution in [0.25, 0.3) is 0 Å². The van der Waals surface area contributed by atoms with Gasteiger partial charge in [-0.2, -0.15) is 5.10 Å². The van der Waals surface area contributed by atoms with E-state index in [0.717, 1.165) is 18.7 Å². The predicted molar refractivity (Wildman–Crippen MR) is 91.8 cm³/mol. The van der Waals surface area contributed by atoms with Gasteiger partial charge in [-0.15, -0.1) is 0 Å². The normalized spacial score (nSPS) is 19.6. The van der Waals surface area contributed by atoms with Gasteiger partial charge in [0.25, 0.3) is 5.91 Å². The van der Waals surface area contributed by atoms with Gasteiger partial charge in [0.2, 0.25) is 0 Å². The summed E-state index contributed by atoms with van der Waals surface area (Å²) in [6, 6.07) is 0.260. The Morgan fingerprint density at radius 1 is 1.33 bits per heavy atom. The summed E-state index contributed by atoms with van der Waals surface area (Å²) in [5.74, 6) is 0.441. The summed E-state index contributed by atoms with van der Waals surface area (Å²) in [5, 5.41) is 10.8. The molecule has 134 valence electrons. The fourth-order valence-electron chi connectivity index (χ4n) is 3.12. The molecule has 7 nitrogen and oxygen atoms in total. The maximum absolute atomic E-state index is 12.4. The molecule has 0 spiro atoms. The Kier molecular flexibility index (Phi) is 5.85. The molecule has 1 aliphatic heterocycles. The monoisotopic (exact) mass is 336 g/mol. The van der Waals surface area contributed by atoms with E-state index in [1.54, 1.807) is 13.1 Å². The Labute approximate surface area is 143 Å². The van der Waals surface area contributed by atoms with Gasteiger partial charge in [-0.3, -0.25) is 9.59 Å². The fraction of sp³-hybridized carbons (Fsp3) is 0.706. The molecule has 1 aromatic rings. The first-order valence-corrected chi connectivity index (χ1v) is 8.77. The van der Waals surface area contributed by atoms with Crippen LogP contribution in [0.15, 0.2) is 6.20 Å². The predicted octanol–water partition coefficient (Wildman–Crippen LogP) is 2.85. The molecule has 1 aliphatic rings. The van der Waals surface area contributed by atoms with Crippen LogP contribution in [0.4, 0.5) is 5.82 Å². The number of rotatable bonds is 8. The third-order valence-electron chi connectivity index (χ3n) is 4.48. The van der Waals surface area contributed by atoms with E-state index in [1.165, 1.54) is 0 Å². The van der Waals surface area contributed by atoms with Crippen molar-refractivity contribution in [2.45, 2.75) is 71.5 Å². The van der Waals surface area contributed by atoms with Crippen molar-refractivity contribution in [1.82, 2.24) is 15.1 Å². The molecule has 24 heavy (non-hydrogen) atoms. The summed E-state index contributed by atoms with van der Waals surface area (Å²) >= 11 is 0. The number of aromatic nitrogens is 2. The molecule has 0 aromatic carbocycles. The molecule has 2 heterocycles. The van der Waals surface area contributed by atoms with Crippen molar-refractivity contribution < 1.29 is 14.3 Å². The third-order valence-corrected chi connectivity index (χ3v) is 4.48. The summed E-state index contributed by atoms with van der Waals surface area (Å²) in [6.45, 7) is 8.35. The average molecular weight is 336 g/mol. The van der Waals surface area contributed by atoms with Crippen molar-refractivity contribution >= 4 is 17.7 Å². The van der Waals surface area contributed by atoms with E-state index in [1.807, 2.05) is 11.6 Å². The van der Waals surface area contributed by atoms with E-state index in [2.05, 4.69) is 29.6 Å². The van der Waals surface area contributed by atoms with E-state index in [9.17, 15) is 9.59 Å². The number of hydrogen-bond donors (Lipinski definition) is 2. The Hall–Kier alpha value is -2.05. The molecular formula is C17H28N4O3. The molecule has 0 saturated heterocycles. The van der Waals surface area contributed by atoms with Gasteiger partial charge in [-0.25, -0.2) is 4.68 Å². The lowest BCUT2D eigenvalue weighted by Crippen LogP contribution is -2.55. The van der Waals surface area contributed by atoms with Gasteiger partial charge < -0.3 is 15.4 Å². The van der Waals surface area contributed by atoms with Crippen LogP contribution in [0.3, 0.4) is 0 Å². The van der Waals surface area contributed by atoms with Crippen molar-refractivity contribution in [3.8, 4) is 0 Å². The van der Waals surface area contributed by atoms with Gasteiger partial charge in [0.1, 0.15) is 17.0 Å². The largest absolute Gasteiger partial charge is 0.466 e. The van der Waals surface area contributed by atoms with E-state index in [0.29, 0.717) is 31.4 Å². The van der Waals surface area contributed by atoms with Gasteiger partial charge in [-0.05, 0) is 39.5 Å². The molecule has 0 fully saturated rings. The number of esters is 1. The van der Waals surface area contributed by atoms with Gasteiger partial charge in [0.05, 0.1) is 18.8 Å². The Balaban J connectivity index is 2.10.